The minimum Gasteiger partial charge on any atom is -0.198 e. The molecule has 11 heavy (non-hydrogen) atoms. The standard InChI is InChI=1S/C9H14N2/c1-7(5-10)9(3,4)8(2)6-11/h7-8H,1-4H3. The van der Waals surface area contributed by atoms with E-state index in [9.17, 15) is 0 Å². The van der Waals surface area contributed by atoms with E-state index < -0.39 is 0 Å². The second-order valence-corrected chi connectivity index (χ2v) is 3.52. The van der Waals surface area contributed by atoms with Gasteiger partial charge in [-0.25, -0.2) is 0 Å². The molecule has 0 rings (SSSR count). The molecule has 0 saturated carbocycles. The van der Waals surface area contributed by atoms with E-state index in [0.717, 1.165) is 0 Å². The number of rotatable bonds is 2. The van der Waals surface area contributed by atoms with Crippen molar-refractivity contribution in [2.24, 2.45) is 17.3 Å². The number of hydrogen-bond donors (Lipinski definition) is 0. The monoisotopic (exact) mass is 150 g/mol. The van der Waals surface area contributed by atoms with Crippen LogP contribution in [-0.4, -0.2) is 0 Å². The lowest BCUT2D eigenvalue weighted by molar-refractivity contribution is 0.217. The van der Waals surface area contributed by atoms with Crippen molar-refractivity contribution in [3.8, 4) is 12.1 Å². The summed E-state index contributed by atoms with van der Waals surface area (Å²) in [4.78, 5) is 0. The Hall–Kier alpha value is -1.02. The third-order valence-electron chi connectivity index (χ3n) is 2.62. The van der Waals surface area contributed by atoms with Crippen LogP contribution < -0.4 is 0 Å². The van der Waals surface area contributed by atoms with E-state index in [1.54, 1.807) is 0 Å². The quantitative estimate of drug-likeness (QED) is 0.606. The Morgan fingerprint density at radius 2 is 1.27 bits per heavy atom. The summed E-state index contributed by atoms with van der Waals surface area (Å²) in [5.74, 6) is -0.144. The Kier molecular flexibility index (Phi) is 3.08. The fourth-order valence-corrected chi connectivity index (χ4v) is 0.708. The fraction of sp³-hybridized carbons (Fsp3) is 0.778. The van der Waals surface area contributed by atoms with Gasteiger partial charge in [0.1, 0.15) is 0 Å². The Morgan fingerprint density at radius 3 is 1.45 bits per heavy atom. The Morgan fingerprint density at radius 1 is 1.00 bits per heavy atom. The van der Waals surface area contributed by atoms with E-state index in [1.165, 1.54) is 0 Å². The molecular formula is C9H14N2. The zero-order valence-electron chi connectivity index (χ0n) is 7.55. The maximum Gasteiger partial charge on any atom is 0.0658 e. The van der Waals surface area contributed by atoms with Gasteiger partial charge in [0.05, 0.1) is 12.1 Å². The van der Waals surface area contributed by atoms with Crippen molar-refractivity contribution >= 4 is 0 Å². The van der Waals surface area contributed by atoms with Crippen molar-refractivity contribution in [2.75, 3.05) is 0 Å². The van der Waals surface area contributed by atoms with Gasteiger partial charge < -0.3 is 0 Å². The summed E-state index contributed by atoms with van der Waals surface area (Å²) >= 11 is 0. The summed E-state index contributed by atoms with van der Waals surface area (Å²) in [6.45, 7) is 7.62. The molecule has 0 aromatic rings. The molecule has 0 aromatic carbocycles. The molecule has 2 heteroatoms. The van der Waals surface area contributed by atoms with E-state index in [1.807, 2.05) is 27.7 Å². The lowest BCUT2D eigenvalue weighted by Crippen LogP contribution is -2.27. The van der Waals surface area contributed by atoms with Crippen LogP contribution in [0.25, 0.3) is 0 Å². The molecule has 0 fully saturated rings. The highest BCUT2D eigenvalue weighted by molar-refractivity contribution is 4.99. The van der Waals surface area contributed by atoms with Crippen LogP contribution in [0.5, 0.6) is 0 Å². The van der Waals surface area contributed by atoms with Crippen LogP contribution in [0.2, 0.25) is 0 Å². The van der Waals surface area contributed by atoms with Gasteiger partial charge in [0.25, 0.3) is 0 Å². The molecule has 0 saturated heterocycles. The molecule has 0 aliphatic heterocycles. The van der Waals surface area contributed by atoms with Gasteiger partial charge in [-0.1, -0.05) is 13.8 Å². The molecule has 0 spiro atoms. The largest absolute Gasteiger partial charge is 0.198 e. The molecule has 0 heterocycles. The van der Waals surface area contributed by atoms with Gasteiger partial charge in [-0.2, -0.15) is 10.5 Å². The average molecular weight is 150 g/mol. The lowest BCUT2D eigenvalue weighted by Gasteiger charge is -2.29. The van der Waals surface area contributed by atoms with E-state index in [0.29, 0.717) is 0 Å². The van der Waals surface area contributed by atoms with Crippen molar-refractivity contribution in [1.29, 1.82) is 10.5 Å². The summed E-state index contributed by atoms with van der Waals surface area (Å²) in [6.07, 6.45) is 0. The predicted octanol–water partition coefficient (Wildman–Crippen LogP) is 2.33. The van der Waals surface area contributed by atoms with Gasteiger partial charge >= 0.3 is 0 Å². The smallest absolute Gasteiger partial charge is 0.0658 e. The highest BCUT2D eigenvalue weighted by Gasteiger charge is 2.31. The minimum absolute atomic E-state index is 0.0721. The molecule has 0 radical (unpaired) electrons. The van der Waals surface area contributed by atoms with Gasteiger partial charge in [0.2, 0.25) is 0 Å². The average Bonchev–Trinajstić information content (AvgIpc) is 2.01. The fourth-order valence-electron chi connectivity index (χ4n) is 0.708. The lowest BCUT2D eigenvalue weighted by atomic mass is 9.72. The molecule has 2 unspecified atom stereocenters. The first-order chi connectivity index (χ1) is 4.96. The highest BCUT2D eigenvalue weighted by Crippen LogP contribution is 2.33. The normalized spacial score (nSPS) is 16.2. The Bertz CT molecular complexity index is 183. The third kappa shape index (κ3) is 1.95. The summed E-state index contributed by atoms with van der Waals surface area (Å²) in [6, 6.07) is 4.34. The minimum atomic E-state index is -0.205. The maximum absolute atomic E-state index is 8.66. The topological polar surface area (TPSA) is 47.6 Å². The van der Waals surface area contributed by atoms with Crippen LogP contribution in [0.3, 0.4) is 0 Å². The first kappa shape index (κ1) is 9.98. The molecule has 0 bridgehead atoms. The SMILES string of the molecule is CC(C#N)C(C)(C)C(C)C#N. The molecule has 60 valence electrons. The Labute approximate surface area is 68.4 Å². The van der Waals surface area contributed by atoms with Crippen LogP contribution in [-0.2, 0) is 0 Å². The molecule has 2 nitrogen and oxygen atoms in total. The zero-order chi connectivity index (χ0) is 9.07. The first-order valence-corrected chi connectivity index (χ1v) is 3.76. The number of nitrogens with zero attached hydrogens (tertiary/aromatic N) is 2. The molecule has 0 aliphatic rings. The van der Waals surface area contributed by atoms with Gasteiger partial charge in [0, 0.05) is 11.8 Å². The van der Waals surface area contributed by atoms with Gasteiger partial charge in [-0.3, -0.25) is 0 Å². The van der Waals surface area contributed by atoms with Crippen molar-refractivity contribution in [3.63, 3.8) is 0 Å². The summed E-state index contributed by atoms with van der Waals surface area (Å²) in [7, 11) is 0. The maximum atomic E-state index is 8.66. The van der Waals surface area contributed by atoms with Gasteiger partial charge in [-0.05, 0) is 19.3 Å². The second-order valence-electron chi connectivity index (χ2n) is 3.52. The van der Waals surface area contributed by atoms with Crippen LogP contribution in [0.15, 0.2) is 0 Å². The van der Waals surface area contributed by atoms with Crippen molar-refractivity contribution < 1.29 is 0 Å². The molecule has 0 N–H and O–H groups in total. The van der Waals surface area contributed by atoms with Crippen LogP contribution in [0.1, 0.15) is 27.7 Å². The van der Waals surface area contributed by atoms with Gasteiger partial charge in [0.15, 0.2) is 0 Å². The predicted molar refractivity (Wildman–Crippen MR) is 43.3 cm³/mol. The molecule has 0 aromatic heterocycles. The van der Waals surface area contributed by atoms with E-state index >= 15 is 0 Å². The van der Waals surface area contributed by atoms with E-state index in [4.69, 9.17) is 10.5 Å². The van der Waals surface area contributed by atoms with Crippen molar-refractivity contribution in [1.82, 2.24) is 0 Å². The van der Waals surface area contributed by atoms with Crippen molar-refractivity contribution in [3.05, 3.63) is 0 Å². The van der Waals surface area contributed by atoms with Crippen LogP contribution in [0, 0.1) is 39.9 Å². The summed E-state index contributed by atoms with van der Waals surface area (Å²) in [5.41, 5.74) is -0.205. The third-order valence-corrected chi connectivity index (χ3v) is 2.62. The highest BCUT2D eigenvalue weighted by atomic mass is 14.4. The first-order valence-electron chi connectivity index (χ1n) is 3.76. The Balaban J connectivity index is 4.50. The molecule has 0 amide bonds. The van der Waals surface area contributed by atoms with E-state index in [-0.39, 0.29) is 17.3 Å². The van der Waals surface area contributed by atoms with E-state index in [2.05, 4.69) is 12.1 Å². The summed E-state index contributed by atoms with van der Waals surface area (Å²) < 4.78 is 0. The number of nitriles is 2. The van der Waals surface area contributed by atoms with Crippen LogP contribution in [0.4, 0.5) is 0 Å². The molecule has 2 atom stereocenters. The second kappa shape index (κ2) is 3.39. The zero-order valence-corrected chi connectivity index (χ0v) is 7.55. The molecule has 0 aliphatic carbocycles. The van der Waals surface area contributed by atoms with Crippen LogP contribution >= 0.6 is 0 Å². The number of hydrogen-bond acceptors (Lipinski definition) is 2. The van der Waals surface area contributed by atoms with Crippen molar-refractivity contribution in [2.45, 2.75) is 27.7 Å². The molecular weight excluding hydrogens is 136 g/mol. The van der Waals surface area contributed by atoms with Gasteiger partial charge in [-0.15, -0.1) is 0 Å². The summed E-state index contributed by atoms with van der Waals surface area (Å²) in [5, 5.41) is 17.3.